The van der Waals surface area contributed by atoms with Gasteiger partial charge in [-0.25, -0.2) is 0 Å². The Morgan fingerprint density at radius 3 is 2.75 bits per heavy atom. The summed E-state index contributed by atoms with van der Waals surface area (Å²) < 4.78 is 0. The molecule has 0 saturated carbocycles. The summed E-state index contributed by atoms with van der Waals surface area (Å²) in [5, 5.41) is 14.8. The third-order valence-electron chi connectivity index (χ3n) is 1.58. The lowest BCUT2D eigenvalue weighted by Gasteiger charge is -2.10. The number of carboxylic acids is 1. The Balaban J connectivity index is 2.62. The van der Waals surface area contributed by atoms with E-state index in [-0.39, 0.29) is 11.7 Å². The summed E-state index contributed by atoms with van der Waals surface area (Å²) >= 11 is 16.5. The van der Waals surface area contributed by atoms with E-state index in [1.165, 1.54) is 0 Å². The number of hydrogen-bond acceptors (Lipinski definition) is 2. The van der Waals surface area contributed by atoms with Crippen molar-refractivity contribution in [1.29, 1.82) is 0 Å². The van der Waals surface area contributed by atoms with Crippen molar-refractivity contribution in [3.05, 3.63) is 28.2 Å². The Labute approximate surface area is 108 Å². The van der Waals surface area contributed by atoms with Crippen LogP contribution in [0.1, 0.15) is 0 Å². The normalized spacial score (nSPS) is 9.62. The van der Waals surface area contributed by atoms with E-state index in [2.05, 4.69) is 10.6 Å². The number of carboxylic acid groups (broad SMARTS) is 1. The van der Waals surface area contributed by atoms with Gasteiger partial charge in [0.2, 0.25) is 0 Å². The fourth-order valence-corrected chi connectivity index (χ4v) is 1.43. The average Bonchev–Trinajstić information content (AvgIpc) is 2.20. The quantitative estimate of drug-likeness (QED) is 0.741. The minimum atomic E-state index is -0.999. The smallest absolute Gasteiger partial charge is 0.322 e. The van der Waals surface area contributed by atoms with Gasteiger partial charge < -0.3 is 15.7 Å². The van der Waals surface area contributed by atoms with Crippen LogP contribution in [-0.4, -0.2) is 22.7 Å². The molecule has 1 aromatic carbocycles. The van der Waals surface area contributed by atoms with Crippen LogP contribution < -0.4 is 10.6 Å². The van der Waals surface area contributed by atoms with Crippen molar-refractivity contribution in [3.63, 3.8) is 0 Å². The van der Waals surface area contributed by atoms with E-state index >= 15 is 0 Å². The minimum absolute atomic E-state index is 0.173. The molecule has 0 spiro atoms. The third-order valence-corrected chi connectivity index (χ3v) is 2.39. The lowest BCUT2D eigenvalue weighted by atomic mass is 10.3. The fourth-order valence-electron chi connectivity index (χ4n) is 0.916. The first-order chi connectivity index (χ1) is 7.49. The van der Waals surface area contributed by atoms with Crippen LogP contribution in [0, 0.1) is 0 Å². The van der Waals surface area contributed by atoms with Crippen LogP contribution in [0.25, 0.3) is 0 Å². The topological polar surface area (TPSA) is 61.4 Å². The molecule has 4 nitrogen and oxygen atoms in total. The molecule has 0 fully saturated rings. The highest BCUT2D eigenvalue weighted by Crippen LogP contribution is 2.25. The molecule has 0 unspecified atom stereocenters. The van der Waals surface area contributed by atoms with Gasteiger partial charge in [-0.3, -0.25) is 4.79 Å². The molecule has 1 rings (SSSR count). The Bertz CT molecular complexity index is 426. The van der Waals surface area contributed by atoms with Crippen LogP contribution in [0.2, 0.25) is 10.0 Å². The van der Waals surface area contributed by atoms with Crippen molar-refractivity contribution < 1.29 is 9.90 Å². The number of halogens is 2. The number of thiocarbonyl (C=S) groups is 1. The second-order valence-corrected chi connectivity index (χ2v) is 4.08. The van der Waals surface area contributed by atoms with Crippen LogP contribution in [0.3, 0.4) is 0 Å². The SMILES string of the molecule is O=C(O)CNC(=S)Nc1cc(Cl)ccc1Cl. The Hall–Kier alpha value is -1.04. The van der Waals surface area contributed by atoms with Crippen molar-refractivity contribution in [2.45, 2.75) is 0 Å². The first-order valence-corrected chi connectivity index (χ1v) is 5.37. The molecular formula is C9H8Cl2N2O2S. The molecule has 0 bridgehead atoms. The summed E-state index contributed by atoms with van der Waals surface area (Å²) in [6.07, 6.45) is 0. The van der Waals surface area contributed by atoms with Gasteiger partial charge in [-0.1, -0.05) is 23.2 Å². The van der Waals surface area contributed by atoms with Crippen LogP contribution in [0.4, 0.5) is 5.69 Å². The van der Waals surface area contributed by atoms with Crippen molar-refractivity contribution in [3.8, 4) is 0 Å². The number of anilines is 1. The lowest BCUT2D eigenvalue weighted by molar-refractivity contribution is -0.135. The molecule has 0 saturated heterocycles. The van der Waals surface area contributed by atoms with E-state index in [9.17, 15) is 4.79 Å². The summed E-state index contributed by atoms with van der Waals surface area (Å²) in [6.45, 7) is -0.260. The monoisotopic (exact) mass is 278 g/mol. The van der Waals surface area contributed by atoms with Gasteiger partial charge in [-0.05, 0) is 30.4 Å². The van der Waals surface area contributed by atoms with Gasteiger partial charge in [0.05, 0.1) is 10.7 Å². The van der Waals surface area contributed by atoms with Gasteiger partial charge in [-0.15, -0.1) is 0 Å². The van der Waals surface area contributed by atoms with Gasteiger partial charge in [-0.2, -0.15) is 0 Å². The van der Waals surface area contributed by atoms with Gasteiger partial charge >= 0.3 is 5.97 Å². The van der Waals surface area contributed by atoms with E-state index in [1.807, 2.05) is 0 Å². The highest BCUT2D eigenvalue weighted by atomic mass is 35.5. The third kappa shape index (κ3) is 4.22. The molecule has 0 atom stereocenters. The number of benzene rings is 1. The molecule has 0 aliphatic carbocycles. The molecule has 0 amide bonds. The van der Waals surface area contributed by atoms with E-state index in [4.69, 9.17) is 40.5 Å². The first kappa shape index (κ1) is 13.0. The van der Waals surface area contributed by atoms with Crippen LogP contribution in [0.15, 0.2) is 18.2 Å². The Morgan fingerprint density at radius 2 is 2.12 bits per heavy atom. The number of nitrogens with one attached hydrogen (secondary N) is 2. The maximum absolute atomic E-state index is 10.3. The molecule has 86 valence electrons. The summed E-state index contributed by atoms with van der Waals surface area (Å²) in [6, 6.07) is 4.85. The van der Waals surface area contributed by atoms with Gasteiger partial charge in [0, 0.05) is 5.02 Å². The van der Waals surface area contributed by atoms with Gasteiger partial charge in [0.25, 0.3) is 0 Å². The predicted octanol–water partition coefficient (Wildman–Crippen LogP) is 2.36. The fraction of sp³-hybridized carbons (Fsp3) is 0.111. The Kier molecular flexibility index (Phi) is 4.79. The molecule has 0 heterocycles. The van der Waals surface area contributed by atoms with Crippen molar-refractivity contribution in [1.82, 2.24) is 5.32 Å². The molecule has 16 heavy (non-hydrogen) atoms. The van der Waals surface area contributed by atoms with Gasteiger partial charge in [0.1, 0.15) is 6.54 Å². The van der Waals surface area contributed by atoms with Crippen molar-refractivity contribution in [2.24, 2.45) is 0 Å². The second kappa shape index (κ2) is 5.89. The van der Waals surface area contributed by atoms with E-state index in [1.54, 1.807) is 18.2 Å². The largest absolute Gasteiger partial charge is 0.480 e. The standard InChI is InChI=1S/C9H8Cl2N2O2S/c10-5-1-2-6(11)7(3-5)13-9(16)12-4-8(14)15/h1-3H,4H2,(H,14,15)(H2,12,13,16). The van der Waals surface area contributed by atoms with Crippen molar-refractivity contribution >= 4 is 52.2 Å². The zero-order chi connectivity index (χ0) is 12.1. The maximum atomic E-state index is 10.3. The molecule has 7 heteroatoms. The summed E-state index contributed by atoms with van der Waals surface area (Å²) in [7, 11) is 0. The molecular weight excluding hydrogens is 271 g/mol. The molecule has 0 aliphatic rings. The highest BCUT2D eigenvalue weighted by molar-refractivity contribution is 7.80. The zero-order valence-electron chi connectivity index (χ0n) is 7.96. The van der Waals surface area contributed by atoms with E-state index in [0.29, 0.717) is 15.7 Å². The minimum Gasteiger partial charge on any atom is -0.480 e. The molecule has 0 aliphatic heterocycles. The predicted molar refractivity (Wildman–Crippen MR) is 68.3 cm³/mol. The summed E-state index contributed by atoms with van der Waals surface area (Å²) in [5.41, 5.74) is 0.525. The lowest BCUT2D eigenvalue weighted by Crippen LogP contribution is -2.32. The molecule has 0 radical (unpaired) electrons. The van der Waals surface area contributed by atoms with Crippen LogP contribution in [0.5, 0.6) is 0 Å². The Morgan fingerprint density at radius 1 is 1.44 bits per heavy atom. The summed E-state index contributed by atoms with van der Waals surface area (Å²) in [5.74, 6) is -0.999. The number of hydrogen-bond donors (Lipinski definition) is 3. The zero-order valence-corrected chi connectivity index (χ0v) is 10.3. The second-order valence-electron chi connectivity index (χ2n) is 2.83. The average molecular weight is 279 g/mol. The van der Waals surface area contributed by atoms with Crippen LogP contribution >= 0.6 is 35.4 Å². The van der Waals surface area contributed by atoms with E-state index in [0.717, 1.165) is 0 Å². The number of aliphatic carboxylic acids is 1. The summed E-state index contributed by atoms with van der Waals surface area (Å²) in [4.78, 5) is 10.3. The molecule has 1 aromatic rings. The highest BCUT2D eigenvalue weighted by Gasteiger charge is 2.04. The maximum Gasteiger partial charge on any atom is 0.322 e. The first-order valence-electron chi connectivity index (χ1n) is 4.20. The number of carbonyl (C=O) groups is 1. The molecule has 0 aromatic heterocycles. The van der Waals surface area contributed by atoms with Crippen molar-refractivity contribution in [2.75, 3.05) is 11.9 Å². The molecule has 3 N–H and O–H groups in total. The van der Waals surface area contributed by atoms with E-state index < -0.39 is 5.97 Å². The van der Waals surface area contributed by atoms with Crippen LogP contribution in [-0.2, 0) is 4.79 Å². The van der Waals surface area contributed by atoms with Gasteiger partial charge in [0.15, 0.2) is 5.11 Å². The number of rotatable bonds is 3.